The maximum Gasteiger partial charge on any atom is 0.268 e. The Labute approximate surface area is 124 Å². The predicted molar refractivity (Wildman–Crippen MR) is 82.6 cm³/mol. The highest BCUT2D eigenvalue weighted by Gasteiger charge is 2.19. The molecule has 2 atom stereocenters. The molecule has 1 aromatic heterocycles. The number of nitrogens with one attached hydrogen (secondary N) is 2. The summed E-state index contributed by atoms with van der Waals surface area (Å²) in [6.45, 7) is 3.98. The van der Waals surface area contributed by atoms with Crippen LogP contribution in [0.3, 0.4) is 0 Å². The minimum absolute atomic E-state index is 0.0652. The molecule has 21 heavy (non-hydrogen) atoms. The van der Waals surface area contributed by atoms with Crippen molar-refractivity contribution in [2.24, 2.45) is 5.92 Å². The van der Waals surface area contributed by atoms with Crippen LogP contribution in [0.4, 0.5) is 0 Å². The van der Waals surface area contributed by atoms with Crippen LogP contribution in [0.25, 0.3) is 10.9 Å². The zero-order valence-corrected chi connectivity index (χ0v) is 12.6. The van der Waals surface area contributed by atoms with E-state index in [2.05, 4.69) is 10.3 Å². The Morgan fingerprint density at radius 3 is 2.86 bits per heavy atom. The lowest BCUT2D eigenvalue weighted by atomic mass is 10.00. The van der Waals surface area contributed by atoms with E-state index in [0.29, 0.717) is 5.69 Å². The summed E-state index contributed by atoms with van der Waals surface area (Å²) >= 11 is 0. The van der Waals surface area contributed by atoms with E-state index in [1.54, 1.807) is 13.2 Å². The molecule has 5 nitrogen and oxygen atoms in total. The van der Waals surface area contributed by atoms with E-state index in [1.807, 2.05) is 32.0 Å². The van der Waals surface area contributed by atoms with Gasteiger partial charge in [0.15, 0.2) is 0 Å². The quantitative estimate of drug-likeness (QED) is 0.764. The molecule has 1 amide bonds. The van der Waals surface area contributed by atoms with Crippen LogP contribution >= 0.6 is 0 Å². The number of aliphatic hydroxyl groups is 1. The number of carbonyl (C=O) groups excluding carboxylic acids is 1. The molecule has 3 N–H and O–H groups in total. The molecule has 0 unspecified atom stereocenters. The third-order valence-electron chi connectivity index (χ3n) is 3.93. The zero-order chi connectivity index (χ0) is 15.4. The molecule has 0 fully saturated rings. The van der Waals surface area contributed by atoms with E-state index in [9.17, 15) is 9.90 Å². The Kier molecular flexibility index (Phi) is 4.85. The van der Waals surface area contributed by atoms with E-state index < -0.39 is 0 Å². The number of aliphatic hydroxyl groups excluding tert-OH is 1. The number of amides is 1. The van der Waals surface area contributed by atoms with Crippen LogP contribution in [0, 0.1) is 5.92 Å². The topological polar surface area (TPSA) is 74.3 Å². The van der Waals surface area contributed by atoms with Crippen LogP contribution in [0.2, 0.25) is 0 Å². The number of rotatable bonds is 6. The van der Waals surface area contributed by atoms with Gasteiger partial charge in [0.25, 0.3) is 5.91 Å². The standard InChI is InChI=1S/C16H22N2O3/c1-4-10(2)14(9-19)18-16(20)13-8-11-12(17-13)6-5-7-15(11)21-3/h5-8,10,14,17,19H,4,9H2,1-3H3,(H,18,20)/t10-,14-/m0/s1. The molecule has 0 aliphatic heterocycles. The highest BCUT2D eigenvalue weighted by molar-refractivity contribution is 5.99. The van der Waals surface area contributed by atoms with Crippen LogP contribution in [0.5, 0.6) is 5.75 Å². The second-order valence-electron chi connectivity index (χ2n) is 5.25. The fraction of sp³-hybridized carbons (Fsp3) is 0.438. The lowest BCUT2D eigenvalue weighted by Gasteiger charge is -2.21. The first kappa shape index (κ1) is 15.4. The van der Waals surface area contributed by atoms with Gasteiger partial charge in [-0.2, -0.15) is 0 Å². The molecule has 2 rings (SSSR count). The minimum Gasteiger partial charge on any atom is -0.496 e. The summed E-state index contributed by atoms with van der Waals surface area (Å²) < 4.78 is 5.29. The van der Waals surface area contributed by atoms with Crippen molar-refractivity contribution >= 4 is 16.8 Å². The first-order valence-corrected chi connectivity index (χ1v) is 7.18. The van der Waals surface area contributed by atoms with Gasteiger partial charge in [-0.3, -0.25) is 4.79 Å². The number of aromatic amines is 1. The number of carbonyl (C=O) groups is 1. The first-order chi connectivity index (χ1) is 10.1. The number of aromatic nitrogens is 1. The molecular formula is C16H22N2O3. The van der Waals surface area contributed by atoms with Gasteiger partial charge in [0.1, 0.15) is 11.4 Å². The second-order valence-corrected chi connectivity index (χ2v) is 5.25. The average Bonchev–Trinajstić information content (AvgIpc) is 2.95. The van der Waals surface area contributed by atoms with Gasteiger partial charge >= 0.3 is 0 Å². The van der Waals surface area contributed by atoms with E-state index in [-0.39, 0.29) is 24.5 Å². The smallest absolute Gasteiger partial charge is 0.268 e. The number of benzene rings is 1. The molecule has 0 aliphatic carbocycles. The van der Waals surface area contributed by atoms with E-state index in [0.717, 1.165) is 23.1 Å². The SMILES string of the molecule is CC[C@H](C)[C@H](CO)NC(=O)c1cc2c(OC)cccc2[nH]1. The molecule has 2 aromatic rings. The summed E-state index contributed by atoms with van der Waals surface area (Å²) in [6, 6.07) is 7.15. The van der Waals surface area contributed by atoms with E-state index in [4.69, 9.17) is 4.74 Å². The molecule has 0 aliphatic rings. The van der Waals surface area contributed by atoms with Crippen molar-refractivity contribution in [1.82, 2.24) is 10.3 Å². The minimum atomic E-state index is -0.240. The van der Waals surface area contributed by atoms with Crippen LogP contribution in [-0.2, 0) is 0 Å². The van der Waals surface area contributed by atoms with Crippen molar-refractivity contribution in [1.29, 1.82) is 0 Å². The fourth-order valence-electron chi connectivity index (χ4n) is 2.33. The predicted octanol–water partition coefficient (Wildman–Crippen LogP) is 2.31. The highest BCUT2D eigenvalue weighted by atomic mass is 16.5. The third kappa shape index (κ3) is 3.19. The van der Waals surface area contributed by atoms with E-state index in [1.165, 1.54) is 0 Å². The maximum absolute atomic E-state index is 12.3. The zero-order valence-electron chi connectivity index (χ0n) is 12.6. The first-order valence-electron chi connectivity index (χ1n) is 7.18. The second kappa shape index (κ2) is 6.63. The van der Waals surface area contributed by atoms with Crippen molar-refractivity contribution in [2.75, 3.05) is 13.7 Å². The molecule has 5 heteroatoms. The van der Waals surface area contributed by atoms with Gasteiger partial charge in [-0.25, -0.2) is 0 Å². The molecule has 0 bridgehead atoms. The van der Waals surface area contributed by atoms with Crippen molar-refractivity contribution in [3.63, 3.8) is 0 Å². The summed E-state index contributed by atoms with van der Waals surface area (Å²) in [7, 11) is 1.60. The molecule has 0 radical (unpaired) electrons. The van der Waals surface area contributed by atoms with Crippen LogP contribution in [-0.4, -0.2) is 35.8 Å². The number of hydrogen-bond donors (Lipinski definition) is 3. The fourth-order valence-corrected chi connectivity index (χ4v) is 2.33. The average molecular weight is 290 g/mol. The van der Waals surface area contributed by atoms with E-state index >= 15 is 0 Å². The lowest BCUT2D eigenvalue weighted by Crippen LogP contribution is -2.42. The largest absolute Gasteiger partial charge is 0.496 e. The number of fused-ring (bicyclic) bond motifs is 1. The molecule has 0 saturated carbocycles. The van der Waals surface area contributed by atoms with Gasteiger partial charge in [-0.05, 0) is 24.1 Å². The summed E-state index contributed by atoms with van der Waals surface area (Å²) in [5.74, 6) is 0.730. The van der Waals surface area contributed by atoms with Gasteiger partial charge < -0.3 is 20.1 Å². The number of methoxy groups -OCH3 is 1. The summed E-state index contributed by atoms with van der Waals surface area (Å²) in [4.78, 5) is 15.4. The third-order valence-corrected chi connectivity index (χ3v) is 3.93. The summed E-state index contributed by atoms with van der Waals surface area (Å²) in [5.41, 5.74) is 1.32. The highest BCUT2D eigenvalue weighted by Crippen LogP contribution is 2.26. The number of H-pyrrole nitrogens is 1. The van der Waals surface area contributed by atoms with Crippen LogP contribution in [0.1, 0.15) is 30.8 Å². The molecule has 114 valence electrons. The molecule has 0 spiro atoms. The Morgan fingerprint density at radius 2 is 2.24 bits per heavy atom. The Bertz CT molecular complexity index is 621. The van der Waals surface area contributed by atoms with Gasteiger partial charge in [-0.1, -0.05) is 26.3 Å². The van der Waals surface area contributed by atoms with Gasteiger partial charge in [0.05, 0.1) is 19.8 Å². The van der Waals surface area contributed by atoms with Gasteiger partial charge in [-0.15, -0.1) is 0 Å². The number of ether oxygens (including phenoxy) is 1. The molecule has 0 saturated heterocycles. The van der Waals surface area contributed by atoms with Gasteiger partial charge in [0.2, 0.25) is 0 Å². The Hall–Kier alpha value is -2.01. The van der Waals surface area contributed by atoms with Crippen molar-refractivity contribution in [2.45, 2.75) is 26.3 Å². The summed E-state index contributed by atoms with van der Waals surface area (Å²) in [6.07, 6.45) is 0.895. The Balaban J connectivity index is 2.23. The lowest BCUT2D eigenvalue weighted by molar-refractivity contribution is 0.0887. The van der Waals surface area contributed by atoms with Gasteiger partial charge in [0, 0.05) is 10.9 Å². The maximum atomic E-state index is 12.3. The van der Waals surface area contributed by atoms with Crippen molar-refractivity contribution in [3.8, 4) is 5.75 Å². The normalized spacial score (nSPS) is 13.9. The molecule has 1 aromatic carbocycles. The van der Waals surface area contributed by atoms with Crippen LogP contribution in [0.15, 0.2) is 24.3 Å². The molecular weight excluding hydrogens is 268 g/mol. The monoisotopic (exact) mass is 290 g/mol. The summed E-state index contributed by atoms with van der Waals surface area (Å²) in [5, 5.41) is 13.1. The van der Waals surface area contributed by atoms with Crippen LogP contribution < -0.4 is 10.1 Å². The number of hydrogen-bond acceptors (Lipinski definition) is 3. The molecule has 1 heterocycles. The van der Waals surface area contributed by atoms with Crippen molar-refractivity contribution < 1.29 is 14.6 Å². The Morgan fingerprint density at radius 1 is 1.48 bits per heavy atom. The van der Waals surface area contributed by atoms with Crippen molar-refractivity contribution in [3.05, 3.63) is 30.0 Å².